The highest BCUT2D eigenvalue weighted by Crippen LogP contribution is 2.24. The van der Waals surface area contributed by atoms with Crippen LogP contribution in [0.5, 0.6) is 0 Å². The number of hydrogen-bond donors (Lipinski definition) is 0. The van der Waals surface area contributed by atoms with Crippen LogP contribution < -0.4 is 0 Å². The summed E-state index contributed by atoms with van der Waals surface area (Å²) in [6, 6.07) is 6.50. The standard InChI is InChI=1S/C16H22FN5O/c1-16(2,3)15-18-19-20-22(15)11-21-8-9-23-14(10-21)12-4-6-13(17)7-5-12/h4-7,14H,8-11H2,1-3H3. The Balaban J connectivity index is 1.70. The Kier molecular flexibility index (Phi) is 4.41. The molecule has 1 aliphatic heterocycles. The second-order valence-corrected chi connectivity index (χ2v) is 6.88. The number of aromatic nitrogens is 4. The lowest BCUT2D eigenvalue weighted by Crippen LogP contribution is -2.40. The highest BCUT2D eigenvalue weighted by atomic mass is 19.1. The minimum Gasteiger partial charge on any atom is -0.371 e. The molecule has 0 N–H and O–H groups in total. The zero-order valence-corrected chi connectivity index (χ0v) is 13.7. The normalized spacial score (nSPS) is 19.9. The number of hydrogen-bond acceptors (Lipinski definition) is 5. The first-order valence-electron chi connectivity index (χ1n) is 7.79. The van der Waals surface area contributed by atoms with Gasteiger partial charge in [0.1, 0.15) is 5.82 Å². The Morgan fingerprint density at radius 3 is 2.70 bits per heavy atom. The number of benzene rings is 1. The average Bonchev–Trinajstić information content (AvgIpc) is 2.96. The maximum Gasteiger partial charge on any atom is 0.158 e. The van der Waals surface area contributed by atoms with E-state index in [2.05, 4.69) is 41.2 Å². The number of halogens is 1. The van der Waals surface area contributed by atoms with Crippen molar-refractivity contribution in [2.75, 3.05) is 19.7 Å². The van der Waals surface area contributed by atoms with E-state index in [-0.39, 0.29) is 17.3 Å². The van der Waals surface area contributed by atoms with Gasteiger partial charge in [-0.3, -0.25) is 4.90 Å². The average molecular weight is 319 g/mol. The smallest absolute Gasteiger partial charge is 0.158 e. The second kappa shape index (κ2) is 6.33. The van der Waals surface area contributed by atoms with E-state index in [9.17, 15) is 4.39 Å². The molecule has 1 aromatic heterocycles. The van der Waals surface area contributed by atoms with Crippen molar-refractivity contribution in [2.45, 2.75) is 39.0 Å². The van der Waals surface area contributed by atoms with Crippen LogP contribution in [-0.4, -0.2) is 44.8 Å². The Hall–Kier alpha value is -1.86. The van der Waals surface area contributed by atoms with Crippen LogP contribution in [0.15, 0.2) is 24.3 Å². The summed E-state index contributed by atoms with van der Waals surface area (Å²) >= 11 is 0. The number of morpholine rings is 1. The van der Waals surface area contributed by atoms with Crippen molar-refractivity contribution in [1.29, 1.82) is 0 Å². The minimum absolute atomic E-state index is 0.0566. The quantitative estimate of drug-likeness (QED) is 0.867. The predicted octanol–water partition coefficient (Wildman–Crippen LogP) is 2.14. The summed E-state index contributed by atoms with van der Waals surface area (Å²) in [6.07, 6.45) is -0.0566. The Morgan fingerprint density at radius 1 is 1.26 bits per heavy atom. The van der Waals surface area contributed by atoms with E-state index in [0.717, 1.165) is 24.5 Å². The first-order chi connectivity index (χ1) is 10.9. The molecule has 124 valence electrons. The molecule has 2 heterocycles. The molecule has 1 unspecified atom stereocenters. The molecule has 6 nitrogen and oxygen atoms in total. The van der Waals surface area contributed by atoms with Gasteiger partial charge in [0.05, 0.1) is 19.4 Å². The fraction of sp³-hybridized carbons (Fsp3) is 0.562. The van der Waals surface area contributed by atoms with E-state index in [1.54, 1.807) is 12.1 Å². The molecule has 1 saturated heterocycles. The van der Waals surface area contributed by atoms with Gasteiger partial charge in [-0.25, -0.2) is 9.07 Å². The van der Waals surface area contributed by atoms with Gasteiger partial charge in [0.15, 0.2) is 5.82 Å². The Morgan fingerprint density at radius 2 is 2.00 bits per heavy atom. The van der Waals surface area contributed by atoms with Crippen LogP contribution in [0.3, 0.4) is 0 Å². The molecule has 1 aromatic carbocycles. The summed E-state index contributed by atoms with van der Waals surface area (Å²) < 4.78 is 20.7. The lowest BCUT2D eigenvalue weighted by molar-refractivity contribution is -0.0424. The molecule has 1 atom stereocenters. The summed E-state index contributed by atoms with van der Waals surface area (Å²) in [7, 11) is 0. The van der Waals surface area contributed by atoms with Crippen LogP contribution in [0.2, 0.25) is 0 Å². The van der Waals surface area contributed by atoms with Gasteiger partial charge >= 0.3 is 0 Å². The third kappa shape index (κ3) is 3.73. The molecule has 0 aliphatic carbocycles. The molecular weight excluding hydrogens is 297 g/mol. The molecule has 1 fully saturated rings. The van der Waals surface area contributed by atoms with Crippen LogP contribution in [-0.2, 0) is 16.8 Å². The van der Waals surface area contributed by atoms with E-state index in [0.29, 0.717) is 13.3 Å². The maximum absolute atomic E-state index is 13.1. The van der Waals surface area contributed by atoms with Gasteiger partial charge in [-0.1, -0.05) is 32.9 Å². The monoisotopic (exact) mass is 319 g/mol. The molecule has 3 rings (SSSR count). The van der Waals surface area contributed by atoms with Gasteiger partial charge < -0.3 is 4.74 Å². The second-order valence-electron chi connectivity index (χ2n) is 6.88. The molecule has 1 aliphatic rings. The number of ether oxygens (including phenoxy) is 1. The lowest BCUT2D eigenvalue weighted by Gasteiger charge is -2.33. The predicted molar refractivity (Wildman–Crippen MR) is 83.2 cm³/mol. The molecular formula is C16H22FN5O. The van der Waals surface area contributed by atoms with E-state index in [1.165, 1.54) is 12.1 Å². The highest BCUT2D eigenvalue weighted by Gasteiger charge is 2.26. The van der Waals surface area contributed by atoms with E-state index in [4.69, 9.17) is 4.74 Å². The van der Waals surface area contributed by atoms with Crippen LogP contribution in [0.4, 0.5) is 4.39 Å². The number of tetrazole rings is 1. The third-order valence-electron chi connectivity index (χ3n) is 3.93. The van der Waals surface area contributed by atoms with Crippen molar-refractivity contribution in [3.8, 4) is 0 Å². The van der Waals surface area contributed by atoms with Crippen molar-refractivity contribution < 1.29 is 9.13 Å². The zero-order valence-electron chi connectivity index (χ0n) is 13.7. The fourth-order valence-electron chi connectivity index (χ4n) is 2.74. The van der Waals surface area contributed by atoms with E-state index in [1.807, 2.05) is 4.68 Å². The Bertz CT molecular complexity index is 649. The maximum atomic E-state index is 13.1. The number of rotatable bonds is 3. The van der Waals surface area contributed by atoms with Gasteiger partial charge in [-0.15, -0.1) is 5.10 Å². The van der Waals surface area contributed by atoms with Crippen molar-refractivity contribution in [2.24, 2.45) is 0 Å². The first kappa shape index (κ1) is 16.0. The molecule has 0 saturated carbocycles. The van der Waals surface area contributed by atoms with Gasteiger partial charge in [0.2, 0.25) is 0 Å². The first-order valence-corrected chi connectivity index (χ1v) is 7.79. The Labute approximate surface area is 135 Å². The zero-order chi connectivity index (χ0) is 16.4. The largest absolute Gasteiger partial charge is 0.371 e. The molecule has 23 heavy (non-hydrogen) atoms. The van der Waals surface area contributed by atoms with Crippen molar-refractivity contribution in [1.82, 2.24) is 25.1 Å². The minimum atomic E-state index is -0.232. The van der Waals surface area contributed by atoms with Gasteiger partial charge in [0, 0.05) is 18.5 Å². The summed E-state index contributed by atoms with van der Waals surface area (Å²) in [5.74, 6) is 0.632. The lowest BCUT2D eigenvalue weighted by atomic mass is 9.96. The van der Waals surface area contributed by atoms with Crippen molar-refractivity contribution in [3.05, 3.63) is 41.5 Å². The van der Waals surface area contributed by atoms with Gasteiger partial charge in [-0.2, -0.15) is 0 Å². The molecule has 2 aromatic rings. The molecule has 0 spiro atoms. The van der Waals surface area contributed by atoms with Crippen LogP contribution in [0.25, 0.3) is 0 Å². The molecule has 0 amide bonds. The van der Waals surface area contributed by atoms with E-state index >= 15 is 0 Å². The van der Waals surface area contributed by atoms with E-state index < -0.39 is 0 Å². The van der Waals surface area contributed by atoms with Crippen LogP contribution >= 0.6 is 0 Å². The summed E-state index contributed by atoms with van der Waals surface area (Å²) in [5.41, 5.74) is 0.885. The van der Waals surface area contributed by atoms with Crippen molar-refractivity contribution in [3.63, 3.8) is 0 Å². The SMILES string of the molecule is CC(C)(C)c1nnnn1CN1CCOC(c2ccc(F)cc2)C1. The van der Waals surface area contributed by atoms with Crippen LogP contribution in [0.1, 0.15) is 38.3 Å². The molecule has 0 bridgehead atoms. The van der Waals surface area contributed by atoms with Gasteiger partial charge in [0.25, 0.3) is 0 Å². The molecule has 0 radical (unpaired) electrons. The fourth-order valence-corrected chi connectivity index (χ4v) is 2.74. The number of nitrogens with zero attached hydrogens (tertiary/aromatic N) is 5. The van der Waals surface area contributed by atoms with Crippen molar-refractivity contribution >= 4 is 0 Å². The summed E-state index contributed by atoms with van der Waals surface area (Å²) in [5, 5.41) is 12.1. The summed E-state index contributed by atoms with van der Waals surface area (Å²) in [6.45, 7) is 9.09. The topological polar surface area (TPSA) is 56.1 Å². The molecule has 7 heteroatoms. The summed E-state index contributed by atoms with van der Waals surface area (Å²) in [4.78, 5) is 2.25. The highest BCUT2D eigenvalue weighted by molar-refractivity contribution is 5.19. The third-order valence-corrected chi connectivity index (χ3v) is 3.93. The van der Waals surface area contributed by atoms with Crippen LogP contribution in [0, 0.1) is 5.82 Å². The van der Waals surface area contributed by atoms with Gasteiger partial charge in [-0.05, 0) is 28.1 Å².